The lowest BCUT2D eigenvalue weighted by Crippen LogP contribution is -2.27. The summed E-state index contributed by atoms with van der Waals surface area (Å²) in [6.07, 6.45) is 0.877. The summed E-state index contributed by atoms with van der Waals surface area (Å²) in [4.78, 5) is 1.24. The van der Waals surface area contributed by atoms with Crippen LogP contribution in [0.5, 0.6) is 0 Å². The Morgan fingerprint density at radius 3 is 3.00 bits per heavy atom. The van der Waals surface area contributed by atoms with Crippen molar-refractivity contribution in [3.63, 3.8) is 0 Å². The second-order valence-corrected chi connectivity index (χ2v) is 5.42. The van der Waals surface area contributed by atoms with Crippen LogP contribution in [0, 0.1) is 11.3 Å². The molecule has 0 radical (unpaired) electrons. The van der Waals surface area contributed by atoms with Gasteiger partial charge in [-0.15, -0.1) is 11.8 Å². The molecule has 0 saturated carbocycles. The maximum atomic E-state index is 8.87. The molecule has 1 unspecified atom stereocenters. The fourth-order valence-electron chi connectivity index (χ4n) is 1.31. The molecule has 0 fully saturated rings. The third kappa shape index (κ3) is 5.02. The van der Waals surface area contributed by atoms with Crippen molar-refractivity contribution in [2.24, 2.45) is 0 Å². The number of nitrogens with one attached hydrogen (secondary N) is 1. The Balaban J connectivity index is 2.32. The topological polar surface area (TPSA) is 35.8 Å². The highest BCUT2D eigenvalue weighted by molar-refractivity contribution is 9.10. The molecule has 1 N–H and O–H groups in total. The molecule has 0 amide bonds. The molecule has 0 aromatic heterocycles. The van der Waals surface area contributed by atoms with E-state index >= 15 is 0 Å². The van der Waals surface area contributed by atoms with E-state index in [4.69, 9.17) is 5.26 Å². The smallest absolute Gasteiger partial charge is 0.0960 e. The first kappa shape index (κ1) is 13.6. The van der Waals surface area contributed by atoms with Crippen LogP contribution in [0.25, 0.3) is 0 Å². The van der Waals surface area contributed by atoms with E-state index < -0.39 is 0 Å². The lowest BCUT2D eigenvalue weighted by atomic mass is 10.2. The highest BCUT2D eigenvalue weighted by Gasteiger charge is 2.04. The van der Waals surface area contributed by atoms with Gasteiger partial charge in [-0.2, -0.15) is 5.26 Å². The molecule has 0 spiro atoms. The van der Waals surface area contributed by atoms with Crippen LogP contribution >= 0.6 is 27.7 Å². The lowest BCUT2D eigenvalue weighted by molar-refractivity contribution is 0.613. The van der Waals surface area contributed by atoms with Crippen molar-refractivity contribution in [1.29, 1.82) is 5.26 Å². The Morgan fingerprint density at radius 1 is 1.56 bits per heavy atom. The predicted octanol–water partition coefficient (Wildman–Crippen LogP) is 3.43. The lowest BCUT2D eigenvalue weighted by Gasteiger charge is -2.08. The summed E-state index contributed by atoms with van der Waals surface area (Å²) in [6, 6.07) is 10.5. The fourth-order valence-corrected chi connectivity index (χ4v) is 2.84. The molecular formula is C12H15BrN2S. The Bertz CT molecular complexity index is 362. The van der Waals surface area contributed by atoms with Gasteiger partial charge in [-0.05, 0) is 31.2 Å². The zero-order valence-corrected chi connectivity index (χ0v) is 11.6. The standard InChI is InChI=1S/C12H15BrN2S/c1-2-15-11(9-14)6-7-16-12-5-3-4-10(13)8-12/h3-5,8,11,15H,2,6-7H2,1H3. The fraction of sp³-hybridized carbons (Fsp3) is 0.417. The number of benzene rings is 1. The van der Waals surface area contributed by atoms with E-state index in [0.29, 0.717) is 0 Å². The highest BCUT2D eigenvalue weighted by Crippen LogP contribution is 2.22. The molecule has 1 aromatic carbocycles. The second kappa shape index (κ2) is 7.72. The minimum absolute atomic E-state index is 0.0235. The van der Waals surface area contributed by atoms with Crippen molar-refractivity contribution in [2.75, 3.05) is 12.3 Å². The molecule has 0 heterocycles. The summed E-state index contributed by atoms with van der Waals surface area (Å²) in [5.41, 5.74) is 0. The molecule has 86 valence electrons. The number of hydrogen-bond acceptors (Lipinski definition) is 3. The van der Waals surface area contributed by atoms with Gasteiger partial charge in [0.25, 0.3) is 0 Å². The monoisotopic (exact) mass is 298 g/mol. The Kier molecular flexibility index (Phi) is 6.55. The number of rotatable bonds is 6. The van der Waals surface area contributed by atoms with Crippen LogP contribution < -0.4 is 5.32 Å². The van der Waals surface area contributed by atoms with Gasteiger partial charge in [0.1, 0.15) is 0 Å². The van der Waals surface area contributed by atoms with E-state index in [-0.39, 0.29) is 6.04 Å². The van der Waals surface area contributed by atoms with Crippen molar-refractivity contribution < 1.29 is 0 Å². The van der Waals surface area contributed by atoms with E-state index in [1.165, 1.54) is 4.90 Å². The van der Waals surface area contributed by atoms with Crippen molar-refractivity contribution in [1.82, 2.24) is 5.32 Å². The summed E-state index contributed by atoms with van der Waals surface area (Å²) >= 11 is 5.23. The number of hydrogen-bond donors (Lipinski definition) is 1. The molecule has 16 heavy (non-hydrogen) atoms. The number of nitrogens with zero attached hydrogens (tertiary/aromatic N) is 1. The quantitative estimate of drug-likeness (QED) is 0.817. The van der Waals surface area contributed by atoms with Gasteiger partial charge in [-0.3, -0.25) is 0 Å². The van der Waals surface area contributed by atoms with Gasteiger partial charge in [0.2, 0.25) is 0 Å². The Hall–Kier alpha value is -0.500. The van der Waals surface area contributed by atoms with Crippen LogP contribution in [-0.4, -0.2) is 18.3 Å². The molecule has 1 rings (SSSR count). The molecule has 1 aromatic rings. The van der Waals surface area contributed by atoms with E-state index in [0.717, 1.165) is 23.2 Å². The number of halogens is 1. The summed E-state index contributed by atoms with van der Waals surface area (Å²) in [7, 11) is 0. The zero-order chi connectivity index (χ0) is 11.8. The van der Waals surface area contributed by atoms with Crippen molar-refractivity contribution in [3.05, 3.63) is 28.7 Å². The SMILES string of the molecule is CCNC(C#N)CCSc1cccc(Br)c1. The second-order valence-electron chi connectivity index (χ2n) is 3.33. The highest BCUT2D eigenvalue weighted by atomic mass is 79.9. The van der Waals surface area contributed by atoms with Crippen molar-refractivity contribution >= 4 is 27.7 Å². The molecule has 2 nitrogen and oxygen atoms in total. The minimum atomic E-state index is -0.0235. The van der Waals surface area contributed by atoms with Crippen LogP contribution in [-0.2, 0) is 0 Å². The zero-order valence-electron chi connectivity index (χ0n) is 9.24. The first-order valence-corrected chi connectivity index (χ1v) is 7.05. The maximum absolute atomic E-state index is 8.87. The molecular weight excluding hydrogens is 284 g/mol. The van der Waals surface area contributed by atoms with Crippen LogP contribution in [0.3, 0.4) is 0 Å². The molecule has 0 saturated heterocycles. The first-order valence-electron chi connectivity index (χ1n) is 5.27. The van der Waals surface area contributed by atoms with E-state index in [1.54, 1.807) is 11.8 Å². The van der Waals surface area contributed by atoms with Gasteiger partial charge in [-0.25, -0.2) is 0 Å². The van der Waals surface area contributed by atoms with Gasteiger partial charge >= 0.3 is 0 Å². The van der Waals surface area contributed by atoms with Crippen molar-refractivity contribution in [3.8, 4) is 6.07 Å². The molecule has 0 bridgehead atoms. The predicted molar refractivity (Wildman–Crippen MR) is 72.6 cm³/mol. The molecule has 4 heteroatoms. The van der Waals surface area contributed by atoms with Crippen LogP contribution in [0.4, 0.5) is 0 Å². The van der Waals surface area contributed by atoms with Gasteiger partial charge in [-0.1, -0.05) is 28.9 Å². The Labute approximate surface area is 110 Å². The third-order valence-electron chi connectivity index (χ3n) is 2.08. The number of nitriles is 1. The number of thioether (sulfide) groups is 1. The molecule has 0 aliphatic rings. The van der Waals surface area contributed by atoms with Gasteiger partial charge < -0.3 is 5.32 Å². The normalized spacial score (nSPS) is 12.1. The van der Waals surface area contributed by atoms with Gasteiger partial charge in [0, 0.05) is 15.1 Å². The summed E-state index contributed by atoms with van der Waals surface area (Å²) in [5, 5.41) is 12.0. The van der Waals surface area contributed by atoms with Crippen LogP contribution in [0.2, 0.25) is 0 Å². The molecule has 0 aliphatic heterocycles. The minimum Gasteiger partial charge on any atom is -0.302 e. The van der Waals surface area contributed by atoms with Crippen molar-refractivity contribution in [2.45, 2.75) is 24.3 Å². The third-order valence-corrected chi connectivity index (χ3v) is 3.60. The van der Waals surface area contributed by atoms with E-state index in [2.05, 4.69) is 39.4 Å². The average molecular weight is 299 g/mol. The maximum Gasteiger partial charge on any atom is 0.0960 e. The summed E-state index contributed by atoms with van der Waals surface area (Å²) in [6.45, 7) is 2.87. The van der Waals surface area contributed by atoms with Crippen LogP contribution in [0.1, 0.15) is 13.3 Å². The summed E-state index contributed by atoms with van der Waals surface area (Å²) < 4.78 is 1.10. The average Bonchev–Trinajstić information content (AvgIpc) is 2.28. The van der Waals surface area contributed by atoms with E-state index in [1.807, 2.05) is 19.1 Å². The van der Waals surface area contributed by atoms with Gasteiger partial charge in [0.05, 0.1) is 12.1 Å². The Morgan fingerprint density at radius 2 is 2.38 bits per heavy atom. The summed E-state index contributed by atoms with van der Waals surface area (Å²) in [5.74, 6) is 0.960. The largest absolute Gasteiger partial charge is 0.302 e. The molecule has 0 aliphatic carbocycles. The first-order chi connectivity index (χ1) is 7.76. The molecule has 1 atom stereocenters. The van der Waals surface area contributed by atoms with E-state index in [9.17, 15) is 0 Å². The van der Waals surface area contributed by atoms with Crippen LogP contribution in [0.15, 0.2) is 33.6 Å². The van der Waals surface area contributed by atoms with Gasteiger partial charge in [0.15, 0.2) is 0 Å².